The standard InChI is InChI=1S/C19H26N2/c1-7-17-11-9-10-12-19(17)16(4)21(6)18(8-2)14-13-15(3)20-5/h7-12,18,20H,1-4,13-14H2,5-6H3. The fourth-order valence-electron chi connectivity index (χ4n) is 2.24. The summed E-state index contributed by atoms with van der Waals surface area (Å²) in [5.41, 5.74) is 4.21. The predicted molar refractivity (Wildman–Crippen MR) is 94.7 cm³/mol. The Morgan fingerprint density at radius 2 is 1.95 bits per heavy atom. The second-order valence-corrected chi connectivity index (χ2v) is 5.04. The molecule has 0 amide bonds. The van der Waals surface area contributed by atoms with E-state index in [1.54, 1.807) is 0 Å². The zero-order valence-corrected chi connectivity index (χ0v) is 13.2. The van der Waals surface area contributed by atoms with Crippen LogP contribution in [0, 0.1) is 0 Å². The van der Waals surface area contributed by atoms with E-state index in [0.29, 0.717) is 0 Å². The summed E-state index contributed by atoms with van der Waals surface area (Å²) >= 11 is 0. The first-order valence-corrected chi connectivity index (χ1v) is 7.16. The van der Waals surface area contributed by atoms with Gasteiger partial charge in [-0.3, -0.25) is 0 Å². The van der Waals surface area contributed by atoms with E-state index in [1.165, 1.54) is 0 Å². The van der Waals surface area contributed by atoms with Crippen molar-refractivity contribution in [1.29, 1.82) is 0 Å². The molecule has 0 aliphatic heterocycles. The van der Waals surface area contributed by atoms with Gasteiger partial charge in [-0.1, -0.05) is 56.2 Å². The summed E-state index contributed by atoms with van der Waals surface area (Å²) in [5, 5.41) is 3.08. The van der Waals surface area contributed by atoms with E-state index in [9.17, 15) is 0 Å². The molecule has 1 atom stereocenters. The van der Waals surface area contributed by atoms with E-state index >= 15 is 0 Å². The molecule has 1 aromatic rings. The second kappa shape index (κ2) is 8.15. The quantitative estimate of drug-likeness (QED) is 0.679. The molecule has 0 bridgehead atoms. The lowest BCUT2D eigenvalue weighted by Crippen LogP contribution is -2.29. The van der Waals surface area contributed by atoms with Gasteiger partial charge in [0.1, 0.15) is 0 Å². The van der Waals surface area contributed by atoms with Crippen molar-refractivity contribution in [2.75, 3.05) is 14.1 Å². The molecule has 2 heteroatoms. The van der Waals surface area contributed by atoms with Crippen LogP contribution < -0.4 is 5.32 Å². The molecule has 2 nitrogen and oxygen atoms in total. The third kappa shape index (κ3) is 4.38. The minimum absolute atomic E-state index is 0.223. The molecule has 1 aromatic carbocycles. The third-order valence-corrected chi connectivity index (χ3v) is 3.78. The van der Waals surface area contributed by atoms with Gasteiger partial charge in [-0.15, -0.1) is 6.58 Å². The van der Waals surface area contributed by atoms with Crippen molar-refractivity contribution >= 4 is 11.8 Å². The molecule has 0 heterocycles. The molecule has 112 valence electrons. The molecule has 0 radical (unpaired) electrons. The largest absolute Gasteiger partial charge is 0.392 e. The SMILES string of the molecule is C=Cc1ccccc1C(=C)N(C)C(C=C)CCC(=C)NC. The predicted octanol–water partition coefficient (Wildman–Crippen LogP) is 4.30. The van der Waals surface area contributed by atoms with Crippen molar-refractivity contribution < 1.29 is 0 Å². The molecule has 1 N–H and O–H groups in total. The van der Waals surface area contributed by atoms with E-state index in [4.69, 9.17) is 0 Å². The normalized spacial score (nSPS) is 11.3. The molecule has 0 saturated heterocycles. The Balaban J connectivity index is 2.86. The zero-order chi connectivity index (χ0) is 15.8. The van der Waals surface area contributed by atoms with E-state index in [0.717, 1.165) is 35.4 Å². The maximum atomic E-state index is 4.24. The lowest BCUT2D eigenvalue weighted by molar-refractivity contribution is 0.384. The molecule has 0 spiro atoms. The number of nitrogens with zero attached hydrogens (tertiary/aromatic N) is 1. The van der Waals surface area contributed by atoms with Gasteiger partial charge >= 0.3 is 0 Å². The number of likely N-dealkylation sites (N-methyl/N-ethyl adjacent to an activating group) is 1. The molecular formula is C19H26N2. The van der Waals surface area contributed by atoms with Gasteiger partial charge in [0.25, 0.3) is 0 Å². The van der Waals surface area contributed by atoms with Gasteiger partial charge in [-0.2, -0.15) is 0 Å². The first-order valence-electron chi connectivity index (χ1n) is 7.16. The average Bonchev–Trinajstić information content (AvgIpc) is 2.53. The number of rotatable bonds is 9. The maximum Gasteiger partial charge on any atom is 0.0470 e. The van der Waals surface area contributed by atoms with Crippen molar-refractivity contribution in [3.05, 3.63) is 73.5 Å². The van der Waals surface area contributed by atoms with Crippen LogP contribution in [0.1, 0.15) is 24.0 Å². The van der Waals surface area contributed by atoms with Crippen molar-refractivity contribution in [3.8, 4) is 0 Å². The smallest absolute Gasteiger partial charge is 0.0470 e. The number of hydrogen-bond acceptors (Lipinski definition) is 2. The molecule has 21 heavy (non-hydrogen) atoms. The van der Waals surface area contributed by atoms with E-state index in [-0.39, 0.29) is 6.04 Å². The van der Waals surface area contributed by atoms with Gasteiger partial charge in [0.15, 0.2) is 0 Å². The molecule has 0 aliphatic carbocycles. The lowest BCUT2D eigenvalue weighted by Gasteiger charge is -2.30. The van der Waals surface area contributed by atoms with Crippen LogP contribution in [0.25, 0.3) is 11.8 Å². The van der Waals surface area contributed by atoms with Crippen molar-refractivity contribution in [1.82, 2.24) is 10.2 Å². The Morgan fingerprint density at radius 1 is 1.29 bits per heavy atom. The van der Waals surface area contributed by atoms with Gasteiger partial charge in [0.05, 0.1) is 0 Å². The highest BCUT2D eigenvalue weighted by atomic mass is 15.1. The monoisotopic (exact) mass is 282 g/mol. The van der Waals surface area contributed by atoms with Crippen molar-refractivity contribution in [2.24, 2.45) is 0 Å². The Bertz CT molecular complexity index is 528. The van der Waals surface area contributed by atoms with Gasteiger partial charge < -0.3 is 10.2 Å². The highest BCUT2D eigenvalue weighted by Crippen LogP contribution is 2.24. The fraction of sp³-hybridized carbons (Fsp3) is 0.263. The Hall–Kier alpha value is -2.22. The Morgan fingerprint density at radius 3 is 2.52 bits per heavy atom. The van der Waals surface area contributed by atoms with Crippen LogP contribution in [0.3, 0.4) is 0 Å². The van der Waals surface area contributed by atoms with Crippen LogP contribution in [-0.4, -0.2) is 25.0 Å². The van der Waals surface area contributed by atoms with Gasteiger partial charge in [0.2, 0.25) is 0 Å². The fourth-order valence-corrected chi connectivity index (χ4v) is 2.24. The lowest BCUT2D eigenvalue weighted by atomic mass is 10.0. The highest BCUT2D eigenvalue weighted by molar-refractivity contribution is 5.71. The summed E-state index contributed by atoms with van der Waals surface area (Å²) in [4.78, 5) is 2.16. The van der Waals surface area contributed by atoms with Crippen LogP contribution in [-0.2, 0) is 0 Å². The maximum absolute atomic E-state index is 4.24. The van der Waals surface area contributed by atoms with E-state index < -0.39 is 0 Å². The molecule has 0 saturated carbocycles. The van der Waals surface area contributed by atoms with Crippen LogP contribution in [0.5, 0.6) is 0 Å². The molecule has 0 aromatic heterocycles. The average molecular weight is 282 g/mol. The summed E-state index contributed by atoms with van der Waals surface area (Å²) in [7, 11) is 3.95. The molecule has 1 rings (SSSR count). The van der Waals surface area contributed by atoms with Gasteiger partial charge in [-0.05, 0) is 18.4 Å². The summed E-state index contributed by atoms with van der Waals surface area (Å²) in [6.45, 7) is 16.0. The molecule has 0 aliphatic rings. The summed E-state index contributed by atoms with van der Waals surface area (Å²) in [6.07, 6.45) is 5.69. The number of allylic oxidation sites excluding steroid dienone is 1. The summed E-state index contributed by atoms with van der Waals surface area (Å²) in [5.74, 6) is 0. The van der Waals surface area contributed by atoms with Crippen molar-refractivity contribution in [2.45, 2.75) is 18.9 Å². The number of hydrogen-bond donors (Lipinski definition) is 1. The van der Waals surface area contributed by atoms with Crippen LogP contribution in [0.4, 0.5) is 0 Å². The molecule has 0 fully saturated rings. The summed E-state index contributed by atoms with van der Waals surface area (Å²) in [6, 6.07) is 8.37. The Kier molecular flexibility index (Phi) is 6.54. The highest BCUT2D eigenvalue weighted by Gasteiger charge is 2.15. The first kappa shape index (κ1) is 16.8. The molecular weight excluding hydrogens is 256 g/mol. The van der Waals surface area contributed by atoms with Gasteiger partial charge in [0, 0.05) is 37.1 Å². The zero-order valence-electron chi connectivity index (χ0n) is 13.2. The summed E-state index contributed by atoms with van der Waals surface area (Å²) < 4.78 is 0. The second-order valence-electron chi connectivity index (χ2n) is 5.04. The number of benzene rings is 1. The Labute approximate surface area is 129 Å². The van der Waals surface area contributed by atoms with Gasteiger partial charge in [-0.25, -0.2) is 0 Å². The van der Waals surface area contributed by atoms with Crippen LogP contribution in [0.15, 0.2) is 62.4 Å². The van der Waals surface area contributed by atoms with E-state index in [1.807, 2.05) is 37.4 Å². The minimum Gasteiger partial charge on any atom is -0.392 e. The third-order valence-electron chi connectivity index (χ3n) is 3.78. The minimum atomic E-state index is 0.223. The first-order chi connectivity index (χ1) is 10.0. The van der Waals surface area contributed by atoms with Crippen molar-refractivity contribution in [3.63, 3.8) is 0 Å². The molecule has 1 unspecified atom stereocenters. The van der Waals surface area contributed by atoms with Crippen LogP contribution >= 0.6 is 0 Å². The number of nitrogens with one attached hydrogen (secondary N) is 1. The van der Waals surface area contributed by atoms with Crippen LogP contribution in [0.2, 0.25) is 0 Å². The van der Waals surface area contributed by atoms with E-state index in [2.05, 4.69) is 49.6 Å². The topological polar surface area (TPSA) is 15.3 Å².